The zero-order valence-corrected chi connectivity index (χ0v) is 8.76. The van der Waals surface area contributed by atoms with Crippen LogP contribution in [-0.2, 0) is 17.8 Å². The lowest BCUT2D eigenvalue weighted by molar-refractivity contribution is -0.121. The lowest BCUT2D eigenvalue weighted by Gasteiger charge is -2.04. The first-order chi connectivity index (χ1) is 7.84. The van der Waals surface area contributed by atoms with Gasteiger partial charge in [0.25, 0.3) is 0 Å². The van der Waals surface area contributed by atoms with E-state index < -0.39 is 0 Å². The van der Waals surface area contributed by atoms with Crippen LogP contribution in [0.4, 0.5) is 0 Å². The standard InChI is InChI=1S/C10H13N5O/c16-10(7-15-5-1-3-14-15)12-4-2-9-6-11-8-13-9/h1,3,5-6,8H,2,4,7H2,(H,11,13)(H,12,16). The molecule has 6 nitrogen and oxygen atoms in total. The summed E-state index contributed by atoms with van der Waals surface area (Å²) in [4.78, 5) is 18.3. The zero-order chi connectivity index (χ0) is 11.2. The SMILES string of the molecule is O=C(Cn1cccn1)NCCc1cnc[nH]1. The van der Waals surface area contributed by atoms with Crippen molar-refractivity contribution in [3.8, 4) is 0 Å². The minimum Gasteiger partial charge on any atom is -0.354 e. The van der Waals surface area contributed by atoms with Gasteiger partial charge >= 0.3 is 0 Å². The van der Waals surface area contributed by atoms with Crippen molar-refractivity contribution < 1.29 is 4.79 Å². The quantitative estimate of drug-likeness (QED) is 0.741. The molecule has 0 saturated carbocycles. The summed E-state index contributed by atoms with van der Waals surface area (Å²) in [6, 6.07) is 1.79. The fourth-order valence-electron chi connectivity index (χ4n) is 1.36. The lowest BCUT2D eigenvalue weighted by Crippen LogP contribution is -2.29. The first-order valence-electron chi connectivity index (χ1n) is 5.06. The second kappa shape index (κ2) is 5.11. The average molecular weight is 219 g/mol. The van der Waals surface area contributed by atoms with Crippen LogP contribution in [0, 0.1) is 0 Å². The van der Waals surface area contributed by atoms with Gasteiger partial charge in [-0.3, -0.25) is 9.48 Å². The molecular weight excluding hydrogens is 206 g/mol. The number of nitrogens with zero attached hydrogens (tertiary/aromatic N) is 3. The molecule has 2 rings (SSSR count). The van der Waals surface area contributed by atoms with Crippen molar-refractivity contribution in [2.75, 3.05) is 6.54 Å². The van der Waals surface area contributed by atoms with E-state index in [1.165, 1.54) is 0 Å². The molecule has 16 heavy (non-hydrogen) atoms. The van der Waals surface area contributed by atoms with Gasteiger partial charge in [-0.2, -0.15) is 5.10 Å². The third-order valence-electron chi connectivity index (χ3n) is 2.14. The molecular formula is C10H13N5O. The maximum Gasteiger partial charge on any atom is 0.241 e. The number of aromatic amines is 1. The number of aromatic nitrogens is 4. The predicted molar refractivity (Wildman–Crippen MR) is 57.5 cm³/mol. The van der Waals surface area contributed by atoms with Crippen LogP contribution in [0.2, 0.25) is 0 Å². The number of amides is 1. The van der Waals surface area contributed by atoms with E-state index >= 15 is 0 Å². The molecule has 0 bridgehead atoms. The smallest absolute Gasteiger partial charge is 0.241 e. The van der Waals surface area contributed by atoms with E-state index in [4.69, 9.17) is 0 Å². The molecule has 0 aliphatic heterocycles. The van der Waals surface area contributed by atoms with Crippen LogP contribution in [-0.4, -0.2) is 32.2 Å². The van der Waals surface area contributed by atoms with E-state index in [1.54, 1.807) is 35.7 Å². The summed E-state index contributed by atoms with van der Waals surface area (Å²) in [5, 5.41) is 6.77. The highest BCUT2D eigenvalue weighted by Crippen LogP contribution is 1.90. The number of carbonyl (C=O) groups is 1. The summed E-state index contributed by atoms with van der Waals surface area (Å²) in [6.45, 7) is 0.859. The Morgan fingerprint density at radius 2 is 2.50 bits per heavy atom. The molecule has 0 unspecified atom stereocenters. The van der Waals surface area contributed by atoms with Gasteiger partial charge in [-0.25, -0.2) is 4.98 Å². The van der Waals surface area contributed by atoms with E-state index in [9.17, 15) is 4.79 Å². The van der Waals surface area contributed by atoms with Gasteiger partial charge < -0.3 is 10.3 Å². The molecule has 0 atom stereocenters. The summed E-state index contributed by atoms with van der Waals surface area (Å²) in [5.74, 6) is -0.0387. The minimum absolute atomic E-state index is 0.0387. The summed E-state index contributed by atoms with van der Waals surface area (Å²) in [6.07, 6.45) is 7.54. The average Bonchev–Trinajstić information content (AvgIpc) is 2.90. The van der Waals surface area contributed by atoms with Gasteiger partial charge in [0.15, 0.2) is 0 Å². The Bertz CT molecular complexity index is 420. The highest BCUT2D eigenvalue weighted by atomic mass is 16.2. The van der Waals surface area contributed by atoms with Gasteiger partial charge in [0.2, 0.25) is 5.91 Å². The molecule has 0 saturated heterocycles. The third-order valence-corrected chi connectivity index (χ3v) is 2.14. The Kier molecular flexibility index (Phi) is 3.32. The Labute approximate surface area is 92.7 Å². The molecule has 2 N–H and O–H groups in total. The molecule has 0 aliphatic carbocycles. The first kappa shape index (κ1) is 10.4. The van der Waals surface area contributed by atoms with Gasteiger partial charge in [-0.15, -0.1) is 0 Å². The highest BCUT2D eigenvalue weighted by Gasteiger charge is 2.02. The summed E-state index contributed by atoms with van der Waals surface area (Å²) in [5.41, 5.74) is 1.01. The van der Waals surface area contributed by atoms with Gasteiger partial charge in [-0.05, 0) is 6.07 Å². The first-order valence-corrected chi connectivity index (χ1v) is 5.06. The zero-order valence-electron chi connectivity index (χ0n) is 8.76. The maximum atomic E-state index is 11.4. The monoisotopic (exact) mass is 219 g/mol. The van der Waals surface area contributed by atoms with Crippen molar-refractivity contribution in [1.82, 2.24) is 25.1 Å². The normalized spacial score (nSPS) is 10.2. The van der Waals surface area contributed by atoms with Gasteiger partial charge in [0, 0.05) is 37.3 Å². The van der Waals surface area contributed by atoms with E-state index in [0.717, 1.165) is 12.1 Å². The number of H-pyrrole nitrogens is 1. The van der Waals surface area contributed by atoms with Gasteiger partial charge in [-0.1, -0.05) is 0 Å². The summed E-state index contributed by atoms with van der Waals surface area (Å²) in [7, 11) is 0. The highest BCUT2D eigenvalue weighted by molar-refractivity contribution is 5.75. The fraction of sp³-hybridized carbons (Fsp3) is 0.300. The van der Waals surface area contributed by atoms with E-state index in [-0.39, 0.29) is 12.5 Å². The van der Waals surface area contributed by atoms with Crippen molar-refractivity contribution in [3.63, 3.8) is 0 Å². The molecule has 2 aromatic heterocycles. The molecule has 0 radical (unpaired) electrons. The van der Waals surface area contributed by atoms with Gasteiger partial charge in [0.05, 0.1) is 6.33 Å². The van der Waals surface area contributed by atoms with E-state index in [1.807, 2.05) is 0 Å². The number of rotatable bonds is 5. The molecule has 2 heterocycles. The second-order valence-electron chi connectivity index (χ2n) is 3.38. The van der Waals surface area contributed by atoms with Crippen LogP contribution in [0.15, 0.2) is 31.0 Å². The summed E-state index contributed by atoms with van der Waals surface area (Å²) < 4.78 is 1.59. The number of imidazole rings is 1. The Balaban J connectivity index is 1.68. The van der Waals surface area contributed by atoms with Crippen molar-refractivity contribution in [2.45, 2.75) is 13.0 Å². The Hall–Kier alpha value is -2.11. The van der Waals surface area contributed by atoms with Crippen molar-refractivity contribution >= 4 is 5.91 Å². The largest absolute Gasteiger partial charge is 0.354 e. The van der Waals surface area contributed by atoms with Crippen LogP contribution in [0.3, 0.4) is 0 Å². The third kappa shape index (κ3) is 2.94. The molecule has 0 aliphatic rings. The number of nitrogens with one attached hydrogen (secondary N) is 2. The van der Waals surface area contributed by atoms with Crippen LogP contribution >= 0.6 is 0 Å². The molecule has 0 spiro atoms. The molecule has 84 valence electrons. The van der Waals surface area contributed by atoms with E-state index in [2.05, 4.69) is 20.4 Å². The van der Waals surface area contributed by atoms with Crippen LogP contribution in [0.5, 0.6) is 0 Å². The predicted octanol–water partition coefficient (Wildman–Crippen LogP) is -0.0349. The molecule has 6 heteroatoms. The van der Waals surface area contributed by atoms with Crippen molar-refractivity contribution in [3.05, 3.63) is 36.7 Å². The lowest BCUT2D eigenvalue weighted by atomic mass is 10.3. The fourth-order valence-corrected chi connectivity index (χ4v) is 1.36. The molecule has 0 aromatic carbocycles. The van der Waals surface area contributed by atoms with Crippen molar-refractivity contribution in [2.24, 2.45) is 0 Å². The number of hydrogen-bond donors (Lipinski definition) is 2. The van der Waals surface area contributed by atoms with Crippen molar-refractivity contribution in [1.29, 1.82) is 0 Å². The van der Waals surface area contributed by atoms with Gasteiger partial charge in [0.1, 0.15) is 6.54 Å². The Morgan fingerprint density at radius 1 is 1.56 bits per heavy atom. The maximum absolute atomic E-state index is 11.4. The summed E-state index contributed by atoms with van der Waals surface area (Å²) >= 11 is 0. The topological polar surface area (TPSA) is 75.6 Å². The second-order valence-corrected chi connectivity index (χ2v) is 3.38. The minimum atomic E-state index is -0.0387. The van der Waals surface area contributed by atoms with E-state index in [0.29, 0.717) is 6.54 Å². The molecule has 2 aromatic rings. The molecule has 1 amide bonds. The van der Waals surface area contributed by atoms with Crippen LogP contribution in [0.25, 0.3) is 0 Å². The van der Waals surface area contributed by atoms with Crippen LogP contribution in [0.1, 0.15) is 5.69 Å². The number of hydrogen-bond acceptors (Lipinski definition) is 3. The number of carbonyl (C=O) groups excluding carboxylic acids is 1. The van der Waals surface area contributed by atoms with Crippen LogP contribution < -0.4 is 5.32 Å². The molecule has 0 fully saturated rings. The Morgan fingerprint density at radius 3 is 3.19 bits per heavy atom.